The molecule has 0 saturated heterocycles. The molecule has 2 bridgehead atoms. The quantitative estimate of drug-likeness (QED) is 0.677. The van der Waals surface area contributed by atoms with Crippen LogP contribution in [-0.4, -0.2) is 11.9 Å². The lowest BCUT2D eigenvalue weighted by molar-refractivity contribution is -0.120. The third-order valence-corrected chi connectivity index (χ3v) is 4.82. The van der Waals surface area contributed by atoms with Crippen LogP contribution in [0, 0.1) is 23.7 Å². The van der Waals surface area contributed by atoms with E-state index in [2.05, 4.69) is 5.32 Å². The molecule has 5 atom stereocenters. The van der Waals surface area contributed by atoms with Gasteiger partial charge in [0.2, 0.25) is 5.91 Å². The summed E-state index contributed by atoms with van der Waals surface area (Å²) in [6.45, 7) is 1.65. The van der Waals surface area contributed by atoms with Crippen molar-refractivity contribution < 1.29 is 4.79 Å². The molecular formula is C12H19NO. The van der Waals surface area contributed by atoms with Gasteiger partial charge in [-0.3, -0.25) is 4.79 Å². The van der Waals surface area contributed by atoms with Gasteiger partial charge in [-0.1, -0.05) is 6.42 Å². The van der Waals surface area contributed by atoms with E-state index in [1.165, 1.54) is 32.1 Å². The first kappa shape index (κ1) is 8.75. The van der Waals surface area contributed by atoms with E-state index < -0.39 is 0 Å². The number of hydrogen-bond donors (Lipinski definition) is 1. The molecule has 0 radical (unpaired) electrons. The summed E-state index contributed by atoms with van der Waals surface area (Å²) in [7, 11) is 0. The molecule has 0 aromatic carbocycles. The second kappa shape index (κ2) is 2.98. The summed E-state index contributed by atoms with van der Waals surface area (Å²) in [4.78, 5) is 11.1. The lowest BCUT2D eigenvalue weighted by atomic mass is 9.79. The first-order valence-corrected chi connectivity index (χ1v) is 6.03. The molecule has 14 heavy (non-hydrogen) atoms. The molecule has 3 rings (SSSR count). The number of fused-ring (bicyclic) bond motifs is 5. The van der Waals surface area contributed by atoms with Gasteiger partial charge in [-0.05, 0) is 49.4 Å². The monoisotopic (exact) mass is 193 g/mol. The van der Waals surface area contributed by atoms with Crippen LogP contribution in [0.2, 0.25) is 0 Å². The van der Waals surface area contributed by atoms with Gasteiger partial charge in [-0.15, -0.1) is 0 Å². The molecule has 0 aliphatic heterocycles. The van der Waals surface area contributed by atoms with Gasteiger partial charge in [0.1, 0.15) is 0 Å². The molecular weight excluding hydrogens is 174 g/mol. The molecule has 2 nitrogen and oxygen atoms in total. The second-order valence-electron chi connectivity index (χ2n) is 5.46. The van der Waals surface area contributed by atoms with Crippen LogP contribution in [0.15, 0.2) is 0 Å². The molecule has 3 aliphatic carbocycles. The van der Waals surface area contributed by atoms with E-state index in [0.717, 1.165) is 23.7 Å². The summed E-state index contributed by atoms with van der Waals surface area (Å²) in [5.41, 5.74) is 0. The van der Waals surface area contributed by atoms with Crippen molar-refractivity contribution in [1.29, 1.82) is 0 Å². The van der Waals surface area contributed by atoms with Crippen molar-refractivity contribution in [2.75, 3.05) is 0 Å². The predicted molar refractivity (Wildman–Crippen MR) is 54.6 cm³/mol. The Kier molecular flexibility index (Phi) is 1.86. The van der Waals surface area contributed by atoms with Gasteiger partial charge in [0, 0.05) is 13.0 Å². The zero-order chi connectivity index (χ0) is 9.71. The fraction of sp³-hybridized carbons (Fsp3) is 0.917. The third kappa shape index (κ3) is 1.12. The number of nitrogens with one attached hydrogen (secondary N) is 1. The molecule has 0 aromatic heterocycles. The first-order valence-electron chi connectivity index (χ1n) is 6.03. The minimum Gasteiger partial charge on any atom is -0.353 e. The van der Waals surface area contributed by atoms with Crippen molar-refractivity contribution in [2.45, 2.75) is 45.1 Å². The average Bonchev–Trinajstić information content (AvgIpc) is 2.68. The standard InChI is InChI=1S/C12H19NO/c1-7(14)13-12-6-8-5-11(12)10-4-2-3-9(8)10/h8-12H,2-6H2,1H3,(H,13,14). The maximum Gasteiger partial charge on any atom is 0.217 e. The third-order valence-electron chi connectivity index (χ3n) is 4.82. The first-order chi connectivity index (χ1) is 6.75. The van der Waals surface area contributed by atoms with Gasteiger partial charge in [0.25, 0.3) is 0 Å². The summed E-state index contributed by atoms with van der Waals surface area (Å²) in [6.07, 6.45) is 7.02. The normalized spacial score (nSPS) is 49.4. The SMILES string of the molecule is CC(=O)NC1CC2CC1C1CCCC21. The highest BCUT2D eigenvalue weighted by Gasteiger charge is 2.53. The number of rotatable bonds is 1. The summed E-state index contributed by atoms with van der Waals surface area (Å²) in [6, 6.07) is 0.525. The zero-order valence-corrected chi connectivity index (χ0v) is 8.83. The summed E-state index contributed by atoms with van der Waals surface area (Å²) in [5, 5.41) is 3.15. The van der Waals surface area contributed by atoms with Crippen LogP contribution in [0.4, 0.5) is 0 Å². The molecule has 1 amide bonds. The molecule has 3 fully saturated rings. The van der Waals surface area contributed by atoms with Gasteiger partial charge in [0.15, 0.2) is 0 Å². The minimum absolute atomic E-state index is 0.164. The highest BCUT2D eigenvalue weighted by molar-refractivity contribution is 5.73. The van der Waals surface area contributed by atoms with Gasteiger partial charge in [-0.2, -0.15) is 0 Å². The van der Waals surface area contributed by atoms with Gasteiger partial charge >= 0.3 is 0 Å². The van der Waals surface area contributed by atoms with Crippen LogP contribution in [0.5, 0.6) is 0 Å². The van der Waals surface area contributed by atoms with Crippen LogP contribution < -0.4 is 5.32 Å². The van der Waals surface area contributed by atoms with E-state index in [-0.39, 0.29) is 5.91 Å². The van der Waals surface area contributed by atoms with E-state index in [4.69, 9.17) is 0 Å². The molecule has 78 valence electrons. The number of carbonyl (C=O) groups is 1. The maximum atomic E-state index is 11.1. The van der Waals surface area contributed by atoms with E-state index in [0.29, 0.717) is 6.04 Å². The number of amides is 1. The molecule has 5 unspecified atom stereocenters. The van der Waals surface area contributed by atoms with Crippen LogP contribution in [-0.2, 0) is 4.79 Å². The van der Waals surface area contributed by atoms with Crippen LogP contribution >= 0.6 is 0 Å². The summed E-state index contributed by atoms with van der Waals surface area (Å²) < 4.78 is 0. The van der Waals surface area contributed by atoms with Crippen LogP contribution in [0.3, 0.4) is 0 Å². The zero-order valence-electron chi connectivity index (χ0n) is 8.83. The highest BCUT2D eigenvalue weighted by Crippen LogP contribution is 2.58. The van der Waals surface area contributed by atoms with Crippen molar-refractivity contribution >= 4 is 5.91 Å². The van der Waals surface area contributed by atoms with Gasteiger partial charge in [-0.25, -0.2) is 0 Å². The number of carbonyl (C=O) groups excluding carboxylic acids is 1. The lowest BCUT2D eigenvalue weighted by Crippen LogP contribution is -2.41. The lowest BCUT2D eigenvalue weighted by Gasteiger charge is -2.31. The highest BCUT2D eigenvalue weighted by atomic mass is 16.1. The van der Waals surface area contributed by atoms with Crippen LogP contribution in [0.1, 0.15) is 39.0 Å². The van der Waals surface area contributed by atoms with Gasteiger partial charge < -0.3 is 5.32 Å². The van der Waals surface area contributed by atoms with Crippen LogP contribution in [0.25, 0.3) is 0 Å². The van der Waals surface area contributed by atoms with E-state index in [1.54, 1.807) is 6.92 Å². The average molecular weight is 193 g/mol. The van der Waals surface area contributed by atoms with E-state index in [1.807, 2.05) is 0 Å². The van der Waals surface area contributed by atoms with Crippen molar-refractivity contribution in [3.63, 3.8) is 0 Å². The molecule has 3 aliphatic rings. The fourth-order valence-electron chi connectivity index (χ4n) is 4.50. The smallest absolute Gasteiger partial charge is 0.217 e. The van der Waals surface area contributed by atoms with Crippen molar-refractivity contribution in [1.82, 2.24) is 5.32 Å². The molecule has 1 N–H and O–H groups in total. The Morgan fingerprint density at radius 1 is 1.14 bits per heavy atom. The Morgan fingerprint density at radius 3 is 2.71 bits per heavy atom. The van der Waals surface area contributed by atoms with E-state index in [9.17, 15) is 4.79 Å². The topological polar surface area (TPSA) is 29.1 Å². The molecule has 0 aromatic rings. The molecule has 2 heteroatoms. The van der Waals surface area contributed by atoms with Crippen molar-refractivity contribution in [2.24, 2.45) is 23.7 Å². The number of hydrogen-bond acceptors (Lipinski definition) is 1. The fourth-order valence-corrected chi connectivity index (χ4v) is 4.50. The molecule has 0 spiro atoms. The summed E-state index contributed by atoms with van der Waals surface area (Å²) >= 11 is 0. The van der Waals surface area contributed by atoms with Crippen molar-refractivity contribution in [3.05, 3.63) is 0 Å². The maximum absolute atomic E-state index is 11.1. The second-order valence-corrected chi connectivity index (χ2v) is 5.46. The minimum atomic E-state index is 0.164. The molecule has 3 saturated carbocycles. The Labute approximate surface area is 85.4 Å². The van der Waals surface area contributed by atoms with Crippen molar-refractivity contribution in [3.8, 4) is 0 Å². The Morgan fingerprint density at radius 2 is 1.93 bits per heavy atom. The molecule has 0 heterocycles. The predicted octanol–water partition coefficient (Wildman–Crippen LogP) is 1.95. The van der Waals surface area contributed by atoms with E-state index >= 15 is 0 Å². The Bertz CT molecular complexity index is 263. The van der Waals surface area contributed by atoms with Gasteiger partial charge in [0.05, 0.1) is 0 Å². The Balaban J connectivity index is 1.73. The largest absolute Gasteiger partial charge is 0.353 e. The Hall–Kier alpha value is -0.530. The summed E-state index contributed by atoms with van der Waals surface area (Å²) in [5.74, 6) is 3.94.